The van der Waals surface area contributed by atoms with Gasteiger partial charge < -0.3 is 0 Å². The highest BCUT2D eigenvalue weighted by molar-refractivity contribution is 8.02. The molecule has 1 nitrogen and oxygen atoms in total. The molecule has 8 aromatic rings. The van der Waals surface area contributed by atoms with Gasteiger partial charge in [-0.2, -0.15) is 0 Å². The molecule has 0 N–H and O–H groups in total. The van der Waals surface area contributed by atoms with E-state index in [1.807, 2.05) is 78.9 Å². The zero-order chi connectivity index (χ0) is 52.9. The van der Waals surface area contributed by atoms with Gasteiger partial charge in [0, 0.05) is 5.56 Å². The molecule has 0 heterocycles. The van der Waals surface area contributed by atoms with Crippen molar-refractivity contribution in [3.63, 3.8) is 0 Å². The van der Waals surface area contributed by atoms with Crippen molar-refractivity contribution in [2.45, 2.75) is 15.5 Å². The molecular weight excluding hydrogens is 1030 g/mol. The highest BCUT2D eigenvalue weighted by Crippen LogP contribution is 2.34. The van der Waals surface area contributed by atoms with Gasteiger partial charge in [0.2, 0.25) is 0 Å². The van der Waals surface area contributed by atoms with Gasteiger partial charge in [-0.15, -0.1) is 21.9 Å². The van der Waals surface area contributed by atoms with Gasteiger partial charge in [0.15, 0.2) is 89.5 Å². The van der Waals surface area contributed by atoms with Gasteiger partial charge in [0.25, 0.3) is 0 Å². The summed E-state index contributed by atoms with van der Waals surface area (Å²) in [5.41, 5.74) is -10.9. The van der Waals surface area contributed by atoms with Crippen molar-refractivity contribution in [1.29, 1.82) is 0 Å². The minimum absolute atomic E-state index is 0.496. The molecule has 0 bridgehead atoms. The summed E-state index contributed by atoms with van der Waals surface area (Å²) >= 11 is 0. The Bertz CT molecular complexity index is 3030. The summed E-state index contributed by atoms with van der Waals surface area (Å²) in [4.78, 5) is 1.76. The molecule has 0 aromatic heterocycles. The maximum Gasteiger partial charge on any atom is 0.200 e. The zero-order valence-electron chi connectivity index (χ0n) is 35.1. The number of hydrogen-bond donors (Lipinski definition) is 0. The molecule has 0 saturated carbocycles. The Balaban J connectivity index is 0.000000238. The summed E-state index contributed by atoms with van der Waals surface area (Å²) < 4.78 is 308. The van der Waals surface area contributed by atoms with E-state index in [0.29, 0.717) is 5.75 Å². The summed E-state index contributed by atoms with van der Waals surface area (Å²) in [5.74, 6) is -70.9. The first-order valence-electron chi connectivity index (χ1n) is 20.0. The molecule has 72 heavy (non-hydrogen) atoms. The normalized spacial score (nSPS) is 11.7. The van der Waals surface area contributed by atoms with E-state index in [-0.39, 0.29) is 0 Å². The van der Waals surface area contributed by atoms with E-state index in [1.165, 1.54) is 11.1 Å². The predicted octanol–water partition coefficient (Wildman–Crippen LogP) is 12.3. The number of halogens is 20. The summed E-state index contributed by atoms with van der Waals surface area (Å²) in [7, 11) is -2.38. The van der Waals surface area contributed by atoms with Gasteiger partial charge in [0.05, 0.1) is 0 Å². The fraction of sp³-hybridized carbons (Fsp3) is 0.0204. The van der Waals surface area contributed by atoms with E-state index >= 15 is 35.1 Å². The van der Waals surface area contributed by atoms with Crippen LogP contribution in [0.3, 0.4) is 0 Å². The second kappa shape index (κ2) is 20.0. The molecule has 0 fully saturated rings. The maximum absolute atomic E-state index is 15.4. The van der Waals surface area contributed by atoms with Gasteiger partial charge in [0.1, 0.15) is 58.4 Å². The van der Waals surface area contributed by atoms with Crippen LogP contribution in [0.5, 0.6) is 0 Å². The van der Waals surface area contributed by atoms with E-state index in [2.05, 4.69) is 36.4 Å². The lowest BCUT2D eigenvalue weighted by Gasteiger charge is -2.44. The van der Waals surface area contributed by atoms with Crippen molar-refractivity contribution in [3.8, 4) is 11.1 Å². The lowest BCUT2D eigenvalue weighted by atomic mass is 9.12. The van der Waals surface area contributed by atoms with Gasteiger partial charge in [-0.05, 0) is 35.4 Å². The molecule has 372 valence electrons. The first-order valence-corrected chi connectivity index (χ1v) is 21.7. The van der Waals surface area contributed by atoms with Gasteiger partial charge in [-0.1, -0.05) is 95.2 Å². The Labute approximate surface area is 393 Å². The topological polar surface area (TPSA) is 17.1 Å². The van der Waals surface area contributed by atoms with Crippen LogP contribution >= 0.6 is 0 Å². The standard InChI is InChI=1S/C25H21OS.C24BF20/c26-27(24-12-6-2-7-13-24,25-14-8-3-9-15-25)20-21-16-18-23(19-17-21)22-10-4-1-5-11-22;26-5-1(6(27)14(35)21(42)13(5)34)25(2-7(28)15(36)22(43)16(37)8(2)29,3-9(30)17(38)23(44)18(39)10(3)31)4-11(32)19(40)24(45)20(41)12(4)33/h1-19H,20H2;/q+1;-1. The van der Waals surface area contributed by atoms with Crippen LogP contribution in [0.25, 0.3) is 11.1 Å². The third-order valence-electron chi connectivity index (χ3n) is 11.4. The van der Waals surface area contributed by atoms with Crippen LogP contribution in [0.1, 0.15) is 5.56 Å². The molecule has 23 heteroatoms. The van der Waals surface area contributed by atoms with E-state index in [9.17, 15) is 56.9 Å². The molecule has 8 rings (SSSR count). The summed E-state index contributed by atoms with van der Waals surface area (Å²) in [5, 5.41) is 0. The van der Waals surface area contributed by atoms with Crippen LogP contribution in [0.15, 0.2) is 125 Å². The Morgan fingerprint density at radius 3 is 0.722 bits per heavy atom. The van der Waals surface area contributed by atoms with Crippen LogP contribution in [-0.2, 0) is 19.9 Å². The van der Waals surface area contributed by atoms with E-state index < -0.39 is 154 Å². The molecule has 0 radical (unpaired) electrons. The molecule has 0 atom stereocenters. The SMILES string of the molecule is Fc1c(F)c(F)c([B-](c2c(F)c(F)c(F)c(F)c2F)(c2c(F)c(F)c(F)c(F)c2F)c2c(F)c(F)c(F)c(F)c2F)c(F)c1F.O=[S+](Cc1ccc(-c2ccccc2)cc1)(c1ccccc1)c1ccccc1. The molecule has 0 aliphatic heterocycles. The molecular formula is C49H21BF20OS. The van der Waals surface area contributed by atoms with Crippen molar-refractivity contribution >= 4 is 37.9 Å². The lowest BCUT2D eigenvalue weighted by molar-refractivity contribution is 0.378. The molecule has 0 aliphatic rings. The van der Waals surface area contributed by atoms with Crippen molar-refractivity contribution < 1.29 is 92.0 Å². The summed E-state index contributed by atoms with van der Waals surface area (Å²) in [6.07, 6.45) is -7.22. The van der Waals surface area contributed by atoms with E-state index in [4.69, 9.17) is 0 Å². The van der Waals surface area contributed by atoms with Crippen LogP contribution in [0.4, 0.5) is 87.8 Å². The molecule has 0 unspecified atom stereocenters. The largest absolute Gasteiger partial charge is 0.207 e. The quantitative estimate of drug-likeness (QED) is 0.0463. The highest BCUT2D eigenvalue weighted by Gasteiger charge is 2.52. The molecule has 0 aliphatic carbocycles. The number of benzene rings is 8. The maximum atomic E-state index is 15.4. The van der Waals surface area contributed by atoms with Crippen LogP contribution in [0.2, 0.25) is 0 Å². The predicted molar refractivity (Wildman–Crippen MR) is 222 cm³/mol. The summed E-state index contributed by atoms with van der Waals surface area (Å²) in [6.45, 7) is 0. The average Bonchev–Trinajstić information content (AvgIpc) is 3.39. The molecule has 0 spiro atoms. The molecule has 0 amide bonds. The number of rotatable bonds is 9. The van der Waals surface area contributed by atoms with Crippen LogP contribution in [0, 0.1) is 116 Å². The Morgan fingerprint density at radius 2 is 0.472 bits per heavy atom. The lowest BCUT2D eigenvalue weighted by Crippen LogP contribution is -2.81. The first kappa shape index (κ1) is 52.4. The van der Waals surface area contributed by atoms with Crippen molar-refractivity contribution in [2.24, 2.45) is 0 Å². The summed E-state index contributed by atoms with van der Waals surface area (Å²) in [6, 6.07) is 38.3. The Hall–Kier alpha value is -7.43. The van der Waals surface area contributed by atoms with E-state index in [0.717, 1.165) is 15.4 Å². The second-order valence-electron chi connectivity index (χ2n) is 15.3. The minimum Gasteiger partial charge on any atom is -0.207 e. The second-order valence-corrected chi connectivity index (χ2v) is 17.9. The van der Waals surface area contributed by atoms with E-state index in [1.54, 1.807) is 0 Å². The van der Waals surface area contributed by atoms with Crippen molar-refractivity contribution in [1.82, 2.24) is 0 Å². The van der Waals surface area contributed by atoms with Gasteiger partial charge in [-0.3, -0.25) is 0 Å². The van der Waals surface area contributed by atoms with Crippen molar-refractivity contribution in [2.75, 3.05) is 0 Å². The fourth-order valence-electron chi connectivity index (χ4n) is 8.12. The molecule has 0 saturated heterocycles. The average molecular weight is 1050 g/mol. The van der Waals surface area contributed by atoms with Gasteiger partial charge >= 0.3 is 0 Å². The fourth-order valence-corrected chi connectivity index (χ4v) is 10.6. The zero-order valence-corrected chi connectivity index (χ0v) is 35.9. The number of hydrogen-bond acceptors (Lipinski definition) is 1. The Morgan fingerprint density at radius 1 is 0.264 bits per heavy atom. The minimum atomic E-state index is -7.22. The van der Waals surface area contributed by atoms with Crippen molar-refractivity contribution in [3.05, 3.63) is 237 Å². The Kier molecular flexibility index (Phi) is 14.6. The monoisotopic (exact) mass is 1050 g/mol. The third kappa shape index (κ3) is 8.45. The molecule has 8 aromatic carbocycles. The smallest absolute Gasteiger partial charge is 0.200 e. The third-order valence-corrected chi connectivity index (χ3v) is 14.2. The highest BCUT2D eigenvalue weighted by atomic mass is 32.2. The van der Waals surface area contributed by atoms with Crippen LogP contribution in [-0.4, -0.2) is 6.15 Å². The van der Waals surface area contributed by atoms with Crippen LogP contribution < -0.4 is 21.9 Å². The first-order chi connectivity index (χ1) is 34.0. The van der Waals surface area contributed by atoms with Gasteiger partial charge in [-0.25, -0.2) is 87.8 Å².